The van der Waals surface area contributed by atoms with Crippen LogP contribution in [0.5, 0.6) is 11.5 Å². The SMILES string of the molecule is CCCCCCCCOc1ccc(C(OC(c2ccc(OCCCCCCCC)cc2)c2ccc(CCCCCCCC)cc2F)c2ccc(CCCCCCCC)cc2F)cc1. The molecule has 0 amide bonds. The Morgan fingerprint density at radius 2 is 0.683 bits per heavy atom. The van der Waals surface area contributed by atoms with E-state index in [1.165, 1.54) is 103 Å². The Morgan fingerprint density at radius 1 is 0.365 bits per heavy atom. The van der Waals surface area contributed by atoms with Gasteiger partial charge in [0, 0.05) is 11.1 Å². The van der Waals surface area contributed by atoms with Crippen LogP contribution in [0.1, 0.15) is 227 Å². The molecule has 0 fully saturated rings. The van der Waals surface area contributed by atoms with Crippen molar-refractivity contribution in [3.8, 4) is 11.5 Å². The van der Waals surface area contributed by atoms with Crippen molar-refractivity contribution in [2.24, 2.45) is 0 Å². The minimum atomic E-state index is -0.809. The fourth-order valence-corrected chi connectivity index (χ4v) is 8.52. The fraction of sp³-hybridized carbons (Fsp3) is 0.586. The maximum atomic E-state index is 16.6. The summed E-state index contributed by atoms with van der Waals surface area (Å²) in [5.74, 6) is 0.944. The zero-order valence-corrected chi connectivity index (χ0v) is 40.0. The molecule has 0 spiro atoms. The number of ether oxygens (including phenoxy) is 3. The van der Waals surface area contributed by atoms with E-state index in [2.05, 4.69) is 27.7 Å². The lowest BCUT2D eigenvalue weighted by Gasteiger charge is -2.28. The highest BCUT2D eigenvalue weighted by Crippen LogP contribution is 2.39. The molecule has 0 bridgehead atoms. The monoisotopic (exact) mass is 867 g/mol. The van der Waals surface area contributed by atoms with E-state index in [9.17, 15) is 0 Å². The third-order valence-corrected chi connectivity index (χ3v) is 12.5. The molecule has 348 valence electrons. The number of benzene rings is 4. The molecule has 0 N–H and O–H groups in total. The van der Waals surface area contributed by atoms with Gasteiger partial charge in [0.1, 0.15) is 35.3 Å². The van der Waals surface area contributed by atoms with Gasteiger partial charge in [0.2, 0.25) is 0 Å². The lowest BCUT2D eigenvalue weighted by atomic mass is 9.95. The molecule has 4 aromatic carbocycles. The standard InChI is InChI=1S/C58H84F2O3/c1-5-9-13-17-21-25-29-47-31-41-53(55(59)45-47)57(49-33-37-51(38-34-49)61-43-27-23-19-15-11-7-3)63-58(50-35-39-52(40-36-50)62-44-28-24-20-16-12-8-4)54-42-32-48(46-56(54)60)30-26-22-18-14-10-6-2/h31-42,45-46,57-58H,5-30,43-44H2,1-4H3. The quantitative estimate of drug-likeness (QED) is 0.0426. The van der Waals surface area contributed by atoms with E-state index >= 15 is 8.78 Å². The average molecular weight is 867 g/mol. The zero-order valence-electron chi connectivity index (χ0n) is 40.0. The Hall–Kier alpha value is -3.70. The minimum Gasteiger partial charge on any atom is -0.494 e. The largest absolute Gasteiger partial charge is 0.494 e. The van der Waals surface area contributed by atoms with Gasteiger partial charge in [-0.2, -0.15) is 0 Å². The third-order valence-electron chi connectivity index (χ3n) is 12.5. The van der Waals surface area contributed by atoms with Crippen LogP contribution >= 0.6 is 0 Å². The Morgan fingerprint density at radius 3 is 1.02 bits per heavy atom. The van der Waals surface area contributed by atoms with Gasteiger partial charge in [0.05, 0.1) is 13.2 Å². The molecule has 0 aromatic heterocycles. The molecule has 0 radical (unpaired) electrons. The minimum absolute atomic E-state index is 0.307. The van der Waals surface area contributed by atoms with Gasteiger partial charge in [0.15, 0.2) is 0 Å². The summed E-state index contributed by atoms with van der Waals surface area (Å²) in [5.41, 5.74) is 4.42. The highest BCUT2D eigenvalue weighted by molar-refractivity contribution is 5.40. The summed E-state index contributed by atoms with van der Waals surface area (Å²) < 4.78 is 52.5. The van der Waals surface area contributed by atoms with E-state index in [1.807, 2.05) is 72.8 Å². The molecule has 0 heterocycles. The fourth-order valence-electron chi connectivity index (χ4n) is 8.52. The first-order valence-electron chi connectivity index (χ1n) is 25.6. The molecule has 0 saturated carbocycles. The van der Waals surface area contributed by atoms with Crippen molar-refractivity contribution in [1.29, 1.82) is 0 Å². The van der Waals surface area contributed by atoms with Gasteiger partial charge in [-0.1, -0.05) is 205 Å². The topological polar surface area (TPSA) is 27.7 Å². The van der Waals surface area contributed by atoms with Crippen molar-refractivity contribution in [2.45, 2.75) is 207 Å². The molecule has 5 heteroatoms. The number of hydrogen-bond acceptors (Lipinski definition) is 3. The summed E-state index contributed by atoms with van der Waals surface area (Å²) in [7, 11) is 0. The Labute approximate surface area is 383 Å². The van der Waals surface area contributed by atoms with Crippen LogP contribution in [0.2, 0.25) is 0 Å². The Bertz CT molecular complexity index is 1620. The number of aryl methyl sites for hydroxylation is 2. The molecule has 2 atom stereocenters. The molecule has 0 aliphatic rings. The summed E-state index contributed by atoms with van der Waals surface area (Å²) >= 11 is 0. The van der Waals surface area contributed by atoms with E-state index < -0.39 is 12.2 Å². The van der Waals surface area contributed by atoms with Crippen molar-refractivity contribution in [1.82, 2.24) is 0 Å². The second-order valence-electron chi connectivity index (χ2n) is 18.0. The van der Waals surface area contributed by atoms with Crippen LogP contribution in [0.3, 0.4) is 0 Å². The molecule has 0 saturated heterocycles. The molecule has 0 aliphatic heterocycles. The molecule has 0 aliphatic carbocycles. The van der Waals surface area contributed by atoms with Gasteiger partial charge in [-0.05, 0) is 97.2 Å². The normalized spacial score (nSPS) is 12.4. The second-order valence-corrected chi connectivity index (χ2v) is 18.0. The van der Waals surface area contributed by atoms with Crippen molar-refractivity contribution in [3.05, 3.63) is 130 Å². The molecule has 4 aromatic rings. The van der Waals surface area contributed by atoms with E-state index in [0.717, 1.165) is 98.0 Å². The first-order valence-corrected chi connectivity index (χ1v) is 25.6. The number of rotatable bonds is 36. The first-order chi connectivity index (χ1) is 31.0. The lowest BCUT2D eigenvalue weighted by Crippen LogP contribution is -2.16. The van der Waals surface area contributed by atoms with Crippen LogP contribution in [-0.2, 0) is 17.6 Å². The molecule has 2 unspecified atom stereocenters. The maximum Gasteiger partial charge on any atom is 0.129 e. The van der Waals surface area contributed by atoms with Crippen molar-refractivity contribution >= 4 is 0 Å². The third kappa shape index (κ3) is 19.9. The number of unbranched alkanes of at least 4 members (excludes halogenated alkanes) is 20. The van der Waals surface area contributed by atoms with Gasteiger partial charge in [-0.15, -0.1) is 0 Å². The molecule has 4 rings (SSSR count). The molecular formula is C58H84F2O3. The smallest absolute Gasteiger partial charge is 0.129 e. The van der Waals surface area contributed by atoms with Gasteiger partial charge in [0.25, 0.3) is 0 Å². The highest BCUT2D eigenvalue weighted by atomic mass is 19.1. The molecule has 63 heavy (non-hydrogen) atoms. The number of halogens is 2. The Balaban J connectivity index is 1.62. The van der Waals surface area contributed by atoms with Crippen molar-refractivity contribution < 1.29 is 23.0 Å². The number of hydrogen-bond donors (Lipinski definition) is 0. The van der Waals surface area contributed by atoms with Crippen LogP contribution in [0.15, 0.2) is 84.9 Å². The summed E-state index contributed by atoms with van der Waals surface area (Å²) in [4.78, 5) is 0. The summed E-state index contributed by atoms with van der Waals surface area (Å²) in [6, 6.07) is 26.9. The van der Waals surface area contributed by atoms with Crippen LogP contribution in [0.4, 0.5) is 8.78 Å². The summed E-state index contributed by atoms with van der Waals surface area (Å²) in [5, 5.41) is 0. The first kappa shape index (κ1) is 51.9. The van der Waals surface area contributed by atoms with E-state index in [-0.39, 0.29) is 11.6 Å². The van der Waals surface area contributed by atoms with Crippen LogP contribution in [0, 0.1) is 11.6 Å². The van der Waals surface area contributed by atoms with Gasteiger partial charge in [-0.25, -0.2) is 8.78 Å². The van der Waals surface area contributed by atoms with E-state index in [4.69, 9.17) is 14.2 Å². The van der Waals surface area contributed by atoms with Crippen LogP contribution in [0.25, 0.3) is 0 Å². The van der Waals surface area contributed by atoms with Crippen molar-refractivity contribution in [3.63, 3.8) is 0 Å². The van der Waals surface area contributed by atoms with Crippen molar-refractivity contribution in [2.75, 3.05) is 13.2 Å². The van der Waals surface area contributed by atoms with Crippen LogP contribution < -0.4 is 9.47 Å². The summed E-state index contributed by atoms with van der Waals surface area (Å²) in [6.45, 7) is 10.3. The highest BCUT2D eigenvalue weighted by Gasteiger charge is 2.28. The van der Waals surface area contributed by atoms with Gasteiger partial charge < -0.3 is 14.2 Å². The van der Waals surface area contributed by atoms with E-state index in [0.29, 0.717) is 24.3 Å². The van der Waals surface area contributed by atoms with E-state index in [1.54, 1.807) is 12.1 Å². The molecule has 3 nitrogen and oxygen atoms in total. The lowest BCUT2D eigenvalue weighted by molar-refractivity contribution is 0.0270. The predicted molar refractivity (Wildman–Crippen MR) is 262 cm³/mol. The van der Waals surface area contributed by atoms with Gasteiger partial charge >= 0.3 is 0 Å². The zero-order chi connectivity index (χ0) is 44.7. The maximum absolute atomic E-state index is 16.6. The average Bonchev–Trinajstić information content (AvgIpc) is 3.30. The Kier molecular flexibility index (Phi) is 26.4. The van der Waals surface area contributed by atoms with Gasteiger partial charge in [-0.3, -0.25) is 0 Å². The predicted octanol–water partition coefficient (Wildman–Crippen LogP) is 18.1. The second kappa shape index (κ2) is 32.0. The summed E-state index contributed by atoms with van der Waals surface area (Å²) in [6.07, 6.45) is 28.8. The van der Waals surface area contributed by atoms with Crippen LogP contribution in [-0.4, -0.2) is 13.2 Å². The molecular weight excluding hydrogens is 783 g/mol.